The van der Waals surface area contributed by atoms with E-state index in [1.54, 1.807) is 6.92 Å². The summed E-state index contributed by atoms with van der Waals surface area (Å²) < 4.78 is 13.3. The number of carbonyl (C=O) groups excluding carboxylic acids is 1. The SMILES string of the molecule is CC(NC(=O)c1cc(F)ccc1C#CCN)c1nn[nH]n1. The molecule has 0 bridgehead atoms. The summed E-state index contributed by atoms with van der Waals surface area (Å²) in [5.41, 5.74) is 5.84. The van der Waals surface area contributed by atoms with Crippen molar-refractivity contribution in [2.75, 3.05) is 6.54 Å². The quantitative estimate of drug-likeness (QED) is 0.696. The summed E-state index contributed by atoms with van der Waals surface area (Å²) in [6.45, 7) is 1.84. The zero-order chi connectivity index (χ0) is 15.2. The number of benzene rings is 1. The fourth-order valence-electron chi connectivity index (χ4n) is 1.65. The van der Waals surface area contributed by atoms with Gasteiger partial charge < -0.3 is 11.1 Å². The average Bonchev–Trinajstić information content (AvgIpc) is 3.00. The summed E-state index contributed by atoms with van der Waals surface area (Å²) >= 11 is 0. The molecular formula is C13H13FN6O. The normalized spacial score (nSPS) is 11.4. The zero-order valence-electron chi connectivity index (χ0n) is 11.2. The van der Waals surface area contributed by atoms with Gasteiger partial charge in [-0.15, -0.1) is 10.2 Å². The summed E-state index contributed by atoms with van der Waals surface area (Å²) in [5, 5.41) is 15.9. The second-order valence-corrected chi connectivity index (χ2v) is 4.16. The second kappa shape index (κ2) is 6.58. The van der Waals surface area contributed by atoms with Gasteiger partial charge in [-0.1, -0.05) is 17.1 Å². The lowest BCUT2D eigenvalue weighted by Crippen LogP contribution is -2.28. The molecule has 0 aliphatic rings. The number of nitrogens with one attached hydrogen (secondary N) is 2. The number of halogens is 1. The third kappa shape index (κ3) is 3.61. The predicted octanol–water partition coefficient (Wildman–Crippen LogP) is 0.140. The molecule has 0 fully saturated rings. The van der Waals surface area contributed by atoms with E-state index in [1.807, 2.05) is 0 Å². The highest BCUT2D eigenvalue weighted by molar-refractivity contribution is 5.96. The number of hydrogen-bond donors (Lipinski definition) is 3. The molecule has 1 heterocycles. The smallest absolute Gasteiger partial charge is 0.253 e. The van der Waals surface area contributed by atoms with Gasteiger partial charge in [0.1, 0.15) is 5.82 Å². The van der Waals surface area contributed by atoms with Crippen LogP contribution in [-0.4, -0.2) is 33.1 Å². The first-order valence-electron chi connectivity index (χ1n) is 6.14. The van der Waals surface area contributed by atoms with Crippen LogP contribution in [0.3, 0.4) is 0 Å². The van der Waals surface area contributed by atoms with E-state index in [0.717, 1.165) is 6.07 Å². The Balaban J connectivity index is 2.24. The maximum atomic E-state index is 13.3. The summed E-state index contributed by atoms with van der Waals surface area (Å²) in [5.74, 6) is 4.70. The number of carbonyl (C=O) groups is 1. The summed E-state index contributed by atoms with van der Waals surface area (Å²) in [6.07, 6.45) is 0. The molecule has 0 radical (unpaired) electrons. The van der Waals surface area contributed by atoms with E-state index in [4.69, 9.17) is 5.73 Å². The topological polar surface area (TPSA) is 110 Å². The number of nitrogens with two attached hydrogens (primary N) is 1. The van der Waals surface area contributed by atoms with Crippen LogP contribution in [0.5, 0.6) is 0 Å². The maximum absolute atomic E-state index is 13.3. The fourth-order valence-corrected chi connectivity index (χ4v) is 1.65. The monoisotopic (exact) mass is 288 g/mol. The first kappa shape index (κ1) is 14.6. The maximum Gasteiger partial charge on any atom is 0.253 e. The molecule has 0 spiro atoms. The van der Waals surface area contributed by atoms with E-state index in [-0.39, 0.29) is 12.1 Å². The van der Waals surface area contributed by atoms with Gasteiger partial charge in [-0.25, -0.2) is 4.39 Å². The fraction of sp³-hybridized carbons (Fsp3) is 0.231. The van der Waals surface area contributed by atoms with Crippen LogP contribution in [0.25, 0.3) is 0 Å². The zero-order valence-corrected chi connectivity index (χ0v) is 11.2. The number of hydrogen-bond acceptors (Lipinski definition) is 5. The van der Waals surface area contributed by atoms with Crippen molar-refractivity contribution >= 4 is 5.91 Å². The van der Waals surface area contributed by atoms with Crippen LogP contribution < -0.4 is 11.1 Å². The third-order valence-electron chi connectivity index (χ3n) is 2.65. The lowest BCUT2D eigenvalue weighted by atomic mass is 10.1. The Bertz CT molecular complexity index is 688. The van der Waals surface area contributed by atoms with Crippen LogP contribution in [0.15, 0.2) is 18.2 Å². The lowest BCUT2D eigenvalue weighted by Gasteiger charge is -2.11. The van der Waals surface area contributed by atoms with Gasteiger partial charge >= 0.3 is 0 Å². The van der Waals surface area contributed by atoms with E-state index in [0.29, 0.717) is 11.4 Å². The Morgan fingerprint density at radius 2 is 2.38 bits per heavy atom. The van der Waals surface area contributed by atoms with Crippen molar-refractivity contribution in [1.29, 1.82) is 0 Å². The molecule has 2 aromatic rings. The molecule has 108 valence electrons. The molecular weight excluding hydrogens is 275 g/mol. The molecule has 1 aromatic carbocycles. The van der Waals surface area contributed by atoms with E-state index in [2.05, 4.69) is 37.8 Å². The number of aromatic nitrogens is 4. The second-order valence-electron chi connectivity index (χ2n) is 4.16. The lowest BCUT2D eigenvalue weighted by molar-refractivity contribution is 0.0937. The summed E-state index contributed by atoms with van der Waals surface area (Å²) in [4.78, 5) is 12.2. The van der Waals surface area contributed by atoms with Gasteiger partial charge in [0.25, 0.3) is 5.91 Å². The average molecular weight is 288 g/mol. The number of H-pyrrole nitrogens is 1. The van der Waals surface area contributed by atoms with Crippen molar-refractivity contribution in [2.45, 2.75) is 13.0 Å². The molecule has 0 saturated carbocycles. The Hall–Kier alpha value is -2.79. The van der Waals surface area contributed by atoms with E-state index in [1.165, 1.54) is 12.1 Å². The molecule has 1 amide bonds. The summed E-state index contributed by atoms with van der Waals surface area (Å²) in [6, 6.07) is 3.32. The summed E-state index contributed by atoms with van der Waals surface area (Å²) in [7, 11) is 0. The molecule has 1 aromatic heterocycles. The minimum atomic E-state index is -0.523. The molecule has 4 N–H and O–H groups in total. The Kier molecular flexibility index (Phi) is 4.58. The molecule has 2 rings (SSSR count). The van der Waals surface area contributed by atoms with Crippen molar-refractivity contribution in [1.82, 2.24) is 25.9 Å². The molecule has 0 aliphatic carbocycles. The van der Waals surface area contributed by atoms with E-state index >= 15 is 0 Å². The standard InChI is InChI=1S/C13H13FN6O/c1-8(12-17-19-20-18-12)16-13(21)11-7-10(14)5-4-9(11)3-2-6-15/h4-5,7-8H,6,15H2,1H3,(H,16,21)(H,17,18,19,20). The molecule has 1 atom stereocenters. The van der Waals surface area contributed by atoms with Crippen LogP contribution in [0.2, 0.25) is 0 Å². The van der Waals surface area contributed by atoms with Gasteiger partial charge in [-0.2, -0.15) is 5.21 Å². The highest BCUT2D eigenvalue weighted by Gasteiger charge is 2.17. The molecule has 8 heteroatoms. The van der Waals surface area contributed by atoms with E-state index in [9.17, 15) is 9.18 Å². The van der Waals surface area contributed by atoms with Gasteiger partial charge in [-0.05, 0) is 25.1 Å². The van der Waals surface area contributed by atoms with Crippen molar-refractivity contribution in [3.05, 3.63) is 41.0 Å². The Labute approximate surface area is 120 Å². The van der Waals surface area contributed by atoms with Gasteiger partial charge in [0, 0.05) is 5.56 Å². The van der Waals surface area contributed by atoms with E-state index < -0.39 is 17.8 Å². The minimum absolute atomic E-state index is 0.131. The van der Waals surface area contributed by atoms with Crippen molar-refractivity contribution in [3.63, 3.8) is 0 Å². The third-order valence-corrected chi connectivity index (χ3v) is 2.65. The van der Waals surface area contributed by atoms with Gasteiger partial charge in [0.15, 0.2) is 5.82 Å². The molecule has 1 unspecified atom stereocenters. The Morgan fingerprint density at radius 1 is 1.57 bits per heavy atom. The minimum Gasteiger partial charge on any atom is -0.342 e. The molecule has 7 nitrogen and oxygen atoms in total. The van der Waals surface area contributed by atoms with Gasteiger partial charge in [0.05, 0.1) is 18.2 Å². The highest BCUT2D eigenvalue weighted by atomic mass is 19.1. The van der Waals surface area contributed by atoms with Crippen molar-refractivity contribution in [2.24, 2.45) is 5.73 Å². The van der Waals surface area contributed by atoms with Crippen LogP contribution in [0.1, 0.15) is 34.7 Å². The number of aromatic amines is 1. The number of rotatable bonds is 3. The molecule has 21 heavy (non-hydrogen) atoms. The van der Waals surface area contributed by atoms with Crippen LogP contribution in [-0.2, 0) is 0 Å². The van der Waals surface area contributed by atoms with Crippen LogP contribution in [0, 0.1) is 17.7 Å². The highest BCUT2D eigenvalue weighted by Crippen LogP contribution is 2.13. The molecule has 0 saturated heterocycles. The van der Waals surface area contributed by atoms with Gasteiger partial charge in [0.2, 0.25) is 0 Å². The largest absolute Gasteiger partial charge is 0.342 e. The van der Waals surface area contributed by atoms with Crippen LogP contribution >= 0.6 is 0 Å². The Morgan fingerprint density at radius 3 is 3.05 bits per heavy atom. The van der Waals surface area contributed by atoms with Gasteiger partial charge in [-0.3, -0.25) is 4.79 Å². The first-order chi connectivity index (χ1) is 10.1. The van der Waals surface area contributed by atoms with Crippen molar-refractivity contribution < 1.29 is 9.18 Å². The first-order valence-corrected chi connectivity index (χ1v) is 6.14. The number of tetrazole rings is 1. The predicted molar refractivity (Wildman–Crippen MR) is 72.4 cm³/mol. The van der Waals surface area contributed by atoms with Crippen molar-refractivity contribution in [3.8, 4) is 11.8 Å². The molecule has 0 aliphatic heterocycles. The number of nitrogens with zero attached hydrogens (tertiary/aromatic N) is 3. The number of amides is 1. The van der Waals surface area contributed by atoms with Crippen LogP contribution in [0.4, 0.5) is 4.39 Å².